The molecule has 2 aliphatic rings. The molecule has 0 aromatic heterocycles. The summed E-state index contributed by atoms with van der Waals surface area (Å²) in [6.45, 7) is 0. The summed E-state index contributed by atoms with van der Waals surface area (Å²) in [4.78, 5) is 0. The molecule has 0 fully saturated rings. The molecule has 246 valence electrons. The van der Waals surface area contributed by atoms with Crippen LogP contribution in [0.4, 0.5) is 0 Å². The third kappa shape index (κ3) is 4.78. The summed E-state index contributed by atoms with van der Waals surface area (Å²) < 4.78 is 70.2. The first kappa shape index (κ1) is 33.5. The second kappa shape index (κ2) is 11.6. The molecule has 0 aliphatic heterocycles. The maximum atomic E-state index is 13.3. The van der Waals surface area contributed by atoms with Crippen molar-refractivity contribution in [2.75, 3.05) is 0 Å². The van der Waals surface area contributed by atoms with E-state index in [2.05, 4.69) is 10.2 Å². The summed E-state index contributed by atoms with van der Waals surface area (Å²) in [5, 5.41) is 24.2. The van der Waals surface area contributed by atoms with E-state index in [1.807, 2.05) is 0 Å². The quantitative estimate of drug-likeness (QED) is 0.0918. The molecule has 0 spiro atoms. The van der Waals surface area contributed by atoms with Gasteiger partial charge >= 0.3 is 0 Å². The molecule has 16 heteroatoms. The lowest BCUT2D eigenvalue weighted by Crippen LogP contribution is -2.46. The second-order valence-electron chi connectivity index (χ2n) is 11.3. The molecule has 2 aliphatic carbocycles. The van der Waals surface area contributed by atoms with Crippen LogP contribution in [0, 0.1) is 10.8 Å². The van der Waals surface area contributed by atoms with Gasteiger partial charge in [-0.3, -0.25) is 19.9 Å². The Labute approximate surface area is 285 Å². The van der Waals surface area contributed by atoms with Gasteiger partial charge in [-0.25, -0.2) is 0 Å². The van der Waals surface area contributed by atoms with Crippen LogP contribution in [-0.4, -0.2) is 48.8 Å². The van der Waals surface area contributed by atoms with Crippen molar-refractivity contribution in [3.8, 4) is 11.1 Å². The van der Waals surface area contributed by atoms with Crippen LogP contribution in [0.15, 0.2) is 95.1 Å². The summed E-state index contributed by atoms with van der Waals surface area (Å²) in [5.74, 6) is 11.1. The Kier molecular flexibility index (Phi) is 8.10. The van der Waals surface area contributed by atoms with Crippen molar-refractivity contribution in [3.63, 3.8) is 0 Å². The first-order chi connectivity index (χ1) is 22.6. The molecule has 0 saturated carbocycles. The normalized spacial score (nSPS) is 22.8. The Bertz CT molecular complexity index is 2200. The van der Waals surface area contributed by atoms with Crippen molar-refractivity contribution in [2.45, 2.75) is 22.3 Å². The third-order valence-corrected chi connectivity index (χ3v) is 12.6. The number of nitrogens with zero attached hydrogens (tertiary/aromatic N) is 2. The Morgan fingerprint density at radius 2 is 0.958 bits per heavy atom. The molecule has 2 unspecified atom stereocenters. The van der Waals surface area contributed by atoms with Gasteiger partial charge in [-0.2, -0.15) is 27.0 Å². The lowest BCUT2D eigenvalue weighted by atomic mass is 9.75. The number of hydrazone groups is 2. The highest BCUT2D eigenvalue weighted by Gasteiger charge is 2.54. The predicted molar refractivity (Wildman–Crippen MR) is 186 cm³/mol. The molecule has 0 bridgehead atoms. The summed E-state index contributed by atoms with van der Waals surface area (Å²) in [6, 6.07) is 21.3. The van der Waals surface area contributed by atoms with Gasteiger partial charge in [0.15, 0.2) is 9.49 Å². The zero-order chi connectivity index (χ0) is 34.8. The average Bonchev–Trinajstić information content (AvgIpc) is 3.05. The number of nitrogens with two attached hydrogens (primary N) is 2. The van der Waals surface area contributed by atoms with Gasteiger partial charge in [0.1, 0.15) is 0 Å². The van der Waals surface area contributed by atoms with E-state index in [4.69, 9.17) is 45.7 Å². The Balaban J connectivity index is 1.51. The van der Waals surface area contributed by atoms with E-state index in [1.165, 1.54) is 48.5 Å². The topological polar surface area (TPSA) is 233 Å². The molecule has 8 N–H and O–H groups in total. The van der Waals surface area contributed by atoms with E-state index in [9.17, 15) is 25.9 Å². The van der Waals surface area contributed by atoms with Gasteiger partial charge in [-0.15, -0.1) is 0 Å². The van der Waals surface area contributed by atoms with E-state index in [-0.39, 0.29) is 66.3 Å². The molecule has 0 heterocycles. The zero-order valence-electron chi connectivity index (χ0n) is 24.6. The van der Waals surface area contributed by atoms with Crippen LogP contribution in [0.2, 0.25) is 10.0 Å². The fourth-order valence-electron chi connectivity index (χ4n) is 6.74. The van der Waals surface area contributed by atoms with E-state index >= 15 is 0 Å². The molecule has 0 radical (unpaired) electrons. The zero-order valence-corrected chi connectivity index (χ0v) is 27.8. The second-order valence-corrected chi connectivity index (χ2v) is 15.4. The fraction of sp³-hybridized carbons (Fsp3) is 0.125. The molecule has 2 atom stereocenters. The number of hydrogen-bond donors (Lipinski definition) is 6. The molecular weight excluding hydrogens is 699 g/mol. The van der Waals surface area contributed by atoms with Crippen molar-refractivity contribution in [3.05, 3.63) is 128 Å². The van der Waals surface area contributed by atoms with Crippen LogP contribution >= 0.6 is 23.2 Å². The summed E-state index contributed by atoms with van der Waals surface area (Å²) >= 11 is 13.6. The SMILES string of the molecule is N=C1C(=NN)CC(c2ccc(-c3ccc(C4(S(=O)(=O)O)CC(=NN)C(=N)c5ccccc54)c(Cl)c3)cc2Cl)(S(=O)(=O)O)c2ccccc21. The molecule has 12 nitrogen and oxygen atoms in total. The highest BCUT2D eigenvalue weighted by Crippen LogP contribution is 2.50. The summed E-state index contributed by atoms with van der Waals surface area (Å²) in [6.07, 6.45) is -0.912. The number of nitrogens with one attached hydrogen (secondary N) is 2. The van der Waals surface area contributed by atoms with Crippen molar-refractivity contribution in [2.24, 2.45) is 21.9 Å². The maximum absolute atomic E-state index is 13.3. The molecule has 48 heavy (non-hydrogen) atoms. The average molecular weight is 726 g/mol. The largest absolute Gasteiger partial charge is 0.323 e. The smallest absolute Gasteiger partial charge is 0.279 e. The molecule has 0 amide bonds. The molecule has 6 rings (SSSR count). The van der Waals surface area contributed by atoms with Crippen molar-refractivity contribution < 1.29 is 25.9 Å². The van der Waals surface area contributed by atoms with Crippen molar-refractivity contribution in [1.82, 2.24) is 0 Å². The Hall–Kier alpha value is -4.44. The van der Waals surface area contributed by atoms with Crippen LogP contribution in [0.25, 0.3) is 11.1 Å². The van der Waals surface area contributed by atoms with Crippen molar-refractivity contribution >= 4 is 66.3 Å². The number of halogens is 2. The maximum Gasteiger partial charge on any atom is 0.279 e. The monoisotopic (exact) mass is 724 g/mol. The van der Waals surface area contributed by atoms with E-state index in [1.54, 1.807) is 36.4 Å². The highest BCUT2D eigenvalue weighted by molar-refractivity contribution is 7.87. The van der Waals surface area contributed by atoms with Gasteiger partial charge in [0, 0.05) is 34.0 Å². The van der Waals surface area contributed by atoms with Gasteiger partial charge in [-0.1, -0.05) is 96.0 Å². The summed E-state index contributed by atoms with van der Waals surface area (Å²) in [7, 11) is -9.91. The van der Waals surface area contributed by atoms with Gasteiger partial charge in [0.25, 0.3) is 20.2 Å². The minimum atomic E-state index is -4.95. The van der Waals surface area contributed by atoms with Gasteiger partial charge in [0.2, 0.25) is 0 Å². The number of rotatable bonds is 5. The summed E-state index contributed by atoms with van der Waals surface area (Å²) in [5.41, 5.74) is 1.33. The van der Waals surface area contributed by atoms with Crippen LogP contribution in [0.5, 0.6) is 0 Å². The van der Waals surface area contributed by atoms with E-state index in [0.717, 1.165) is 0 Å². The Morgan fingerprint density at radius 3 is 1.27 bits per heavy atom. The van der Waals surface area contributed by atoms with Gasteiger partial charge in [0.05, 0.1) is 22.8 Å². The standard InChI is InChI=1S/C32H26Cl2N6O6S2/c33-25-13-17(9-11-23(25)31(47(41,42)43)15-27(39-37)29(35)19-5-1-3-7-21(19)31)18-10-12-24(26(34)14-18)32(48(44,45)46)16-28(40-38)30(36)20-6-2-4-8-22(20)32/h1-14,35-36H,15-16,37-38H2,(H,41,42,43)(H,44,45,46). The first-order valence-corrected chi connectivity index (χ1v) is 17.7. The third-order valence-electron chi connectivity index (χ3n) is 9.01. The van der Waals surface area contributed by atoms with Gasteiger partial charge < -0.3 is 11.7 Å². The number of benzene rings is 4. The van der Waals surface area contributed by atoms with E-state index < -0.39 is 42.6 Å². The molecule has 0 saturated heterocycles. The predicted octanol–water partition coefficient (Wildman–Crippen LogP) is 5.10. The number of fused-ring (bicyclic) bond motifs is 2. The molecule has 4 aromatic carbocycles. The fourth-order valence-corrected chi connectivity index (χ4v) is 10.00. The minimum absolute atomic E-state index is 0.0134. The minimum Gasteiger partial charge on any atom is -0.323 e. The van der Waals surface area contributed by atoms with Crippen LogP contribution in [0.3, 0.4) is 0 Å². The lowest BCUT2D eigenvalue weighted by molar-refractivity contribution is 0.445. The van der Waals surface area contributed by atoms with Crippen LogP contribution in [-0.2, 0) is 29.7 Å². The van der Waals surface area contributed by atoms with Crippen LogP contribution < -0.4 is 11.7 Å². The van der Waals surface area contributed by atoms with E-state index in [0.29, 0.717) is 11.1 Å². The lowest BCUT2D eigenvalue weighted by Gasteiger charge is -2.38. The highest BCUT2D eigenvalue weighted by atomic mass is 35.5. The Morgan fingerprint density at radius 1 is 0.604 bits per heavy atom. The number of hydrogen-bond acceptors (Lipinski definition) is 10. The molecule has 4 aromatic rings. The molecular formula is C32H26Cl2N6O6S2. The van der Waals surface area contributed by atoms with Crippen molar-refractivity contribution in [1.29, 1.82) is 10.8 Å². The van der Waals surface area contributed by atoms with Gasteiger partial charge in [-0.05, 0) is 45.5 Å². The first-order valence-electron chi connectivity index (χ1n) is 14.1. The van der Waals surface area contributed by atoms with Crippen LogP contribution in [0.1, 0.15) is 46.2 Å².